The molecule has 0 unspecified atom stereocenters. The minimum Gasteiger partial charge on any atom is -0.481 e. The Labute approximate surface area is 172 Å². The number of pyridine rings is 2. The number of hydrogen-bond donors (Lipinski definition) is 2. The number of hydrogen-bond acceptors (Lipinski definition) is 5. The van der Waals surface area contributed by atoms with Gasteiger partial charge in [-0.2, -0.15) is 5.10 Å². The SMILES string of the molecule is COc1ccc(NC(=O)c2ccc(C)c(NC(=O)c3ccn4nccc4c3)c2)cn1. The number of methoxy groups -OCH3 is 1. The van der Waals surface area contributed by atoms with E-state index >= 15 is 0 Å². The summed E-state index contributed by atoms with van der Waals surface area (Å²) in [6.45, 7) is 1.87. The Balaban J connectivity index is 1.51. The van der Waals surface area contributed by atoms with E-state index < -0.39 is 0 Å². The van der Waals surface area contributed by atoms with Crippen LogP contribution in [0.3, 0.4) is 0 Å². The Hall–Kier alpha value is -4.20. The maximum atomic E-state index is 12.7. The second-order valence-electron chi connectivity index (χ2n) is 6.64. The maximum Gasteiger partial charge on any atom is 0.255 e. The number of nitrogens with one attached hydrogen (secondary N) is 2. The highest BCUT2D eigenvalue weighted by atomic mass is 16.5. The first-order valence-corrected chi connectivity index (χ1v) is 9.20. The van der Waals surface area contributed by atoms with E-state index in [2.05, 4.69) is 20.7 Å². The van der Waals surface area contributed by atoms with Crippen molar-refractivity contribution in [2.45, 2.75) is 6.92 Å². The van der Waals surface area contributed by atoms with Gasteiger partial charge in [0.25, 0.3) is 11.8 Å². The van der Waals surface area contributed by atoms with Gasteiger partial charge >= 0.3 is 0 Å². The van der Waals surface area contributed by atoms with Gasteiger partial charge in [0.15, 0.2) is 0 Å². The van der Waals surface area contributed by atoms with Crippen molar-refractivity contribution in [3.63, 3.8) is 0 Å². The second-order valence-corrected chi connectivity index (χ2v) is 6.64. The molecule has 30 heavy (non-hydrogen) atoms. The molecule has 2 amide bonds. The van der Waals surface area contributed by atoms with Crippen LogP contribution in [0.4, 0.5) is 11.4 Å². The van der Waals surface area contributed by atoms with Crippen LogP contribution in [-0.2, 0) is 0 Å². The van der Waals surface area contributed by atoms with Gasteiger partial charge in [0.1, 0.15) is 0 Å². The average molecular weight is 401 g/mol. The van der Waals surface area contributed by atoms with Gasteiger partial charge in [-0.05, 0) is 48.9 Å². The fourth-order valence-corrected chi connectivity index (χ4v) is 2.93. The normalized spacial score (nSPS) is 10.6. The average Bonchev–Trinajstić information content (AvgIpc) is 3.23. The Kier molecular flexibility index (Phi) is 5.13. The summed E-state index contributed by atoms with van der Waals surface area (Å²) in [5.41, 5.74) is 3.69. The topological polar surface area (TPSA) is 97.6 Å². The van der Waals surface area contributed by atoms with Crippen molar-refractivity contribution in [1.82, 2.24) is 14.6 Å². The van der Waals surface area contributed by atoms with E-state index in [0.717, 1.165) is 11.1 Å². The van der Waals surface area contributed by atoms with Crippen molar-refractivity contribution in [1.29, 1.82) is 0 Å². The van der Waals surface area contributed by atoms with Gasteiger partial charge < -0.3 is 15.4 Å². The van der Waals surface area contributed by atoms with Crippen LogP contribution in [0.2, 0.25) is 0 Å². The zero-order valence-corrected chi connectivity index (χ0v) is 16.4. The Bertz CT molecular complexity index is 1230. The van der Waals surface area contributed by atoms with Gasteiger partial charge in [0, 0.05) is 35.3 Å². The molecule has 0 saturated carbocycles. The molecule has 150 valence electrons. The Morgan fingerprint density at radius 1 is 0.967 bits per heavy atom. The first-order valence-electron chi connectivity index (χ1n) is 9.20. The Morgan fingerprint density at radius 3 is 2.53 bits per heavy atom. The lowest BCUT2D eigenvalue weighted by atomic mass is 10.1. The summed E-state index contributed by atoms with van der Waals surface area (Å²) in [5.74, 6) is -0.112. The van der Waals surface area contributed by atoms with Crippen molar-refractivity contribution in [2.75, 3.05) is 17.7 Å². The molecule has 3 aromatic heterocycles. The molecule has 8 nitrogen and oxygen atoms in total. The van der Waals surface area contributed by atoms with Gasteiger partial charge in [-0.1, -0.05) is 6.07 Å². The number of rotatable bonds is 5. The van der Waals surface area contributed by atoms with E-state index in [1.54, 1.807) is 59.4 Å². The molecule has 0 aliphatic rings. The monoisotopic (exact) mass is 401 g/mol. The zero-order valence-electron chi connectivity index (χ0n) is 16.4. The molecule has 0 spiro atoms. The molecule has 4 rings (SSSR count). The molecule has 0 atom stereocenters. The van der Waals surface area contributed by atoms with Crippen LogP contribution in [0.25, 0.3) is 5.52 Å². The predicted molar refractivity (Wildman–Crippen MR) is 113 cm³/mol. The highest BCUT2D eigenvalue weighted by Gasteiger charge is 2.13. The number of ether oxygens (including phenoxy) is 1. The predicted octanol–water partition coefficient (Wildman–Crippen LogP) is 3.55. The fourth-order valence-electron chi connectivity index (χ4n) is 2.93. The maximum absolute atomic E-state index is 12.7. The molecule has 0 fully saturated rings. The standard InChI is InChI=1S/C22H19N5O3/c1-14-3-4-15(21(28)25-17-5-6-20(30-2)23-13-17)12-19(14)26-22(29)16-8-10-27-18(11-16)7-9-24-27/h3-13H,1-2H3,(H,25,28)(H,26,29). The largest absolute Gasteiger partial charge is 0.481 e. The van der Waals surface area contributed by atoms with E-state index in [9.17, 15) is 9.59 Å². The van der Waals surface area contributed by atoms with Crippen LogP contribution in [0.15, 0.2) is 67.1 Å². The van der Waals surface area contributed by atoms with Crippen molar-refractivity contribution in [3.05, 3.63) is 83.8 Å². The minimum atomic E-state index is -0.307. The third-order valence-electron chi connectivity index (χ3n) is 4.61. The zero-order chi connectivity index (χ0) is 21.1. The van der Waals surface area contributed by atoms with Crippen LogP contribution in [0.5, 0.6) is 5.88 Å². The van der Waals surface area contributed by atoms with E-state index in [1.165, 1.54) is 13.3 Å². The fraction of sp³-hybridized carbons (Fsp3) is 0.0909. The summed E-state index contributed by atoms with van der Waals surface area (Å²) in [6.07, 6.45) is 4.91. The molecule has 0 saturated heterocycles. The van der Waals surface area contributed by atoms with Crippen LogP contribution in [0.1, 0.15) is 26.3 Å². The summed E-state index contributed by atoms with van der Waals surface area (Å²) in [5, 5.41) is 9.78. The summed E-state index contributed by atoms with van der Waals surface area (Å²) in [6, 6.07) is 13.8. The molecule has 3 heterocycles. The van der Waals surface area contributed by atoms with E-state index in [0.29, 0.717) is 28.4 Å². The van der Waals surface area contributed by atoms with Crippen LogP contribution in [0, 0.1) is 6.92 Å². The number of benzene rings is 1. The number of fused-ring (bicyclic) bond motifs is 1. The van der Waals surface area contributed by atoms with Gasteiger partial charge in [-0.3, -0.25) is 9.59 Å². The van der Waals surface area contributed by atoms with Gasteiger partial charge in [0.2, 0.25) is 5.88 Å². The molecule has 1 aromatic carbocycles. The lowest BCUT2D eigenvalue weighted by molar-refractivity contribution is 0.101. The molecule has 2 N–H and O–H groups in total. The first-order chi connectivity index (χ1) is 14.5. The number of anilines is 2. The minimum absolute atomic E-state index is 0.265. The summed E-state index contributed by atoms with van der Waals surface area (Å²) in [7, 11) is 1.52. The van der Waals surface area contributed by atoms with E-state index in [-0.39, 0.29) is 11.8 Å². The molecule has 0 bridgehead atoms. The molecule has 8 heteroatoms. The van der Waals surface area contributed by atoms with Crippen molar-refractivity contribution in [2.24, 2.45) is 0 Å². The summed E-state index contributed by atoms with van der Waals surface area (Å²) >= 11 is 0. The van der Waals surface area contributed by atoms with E-state index in [1.807, 2.05) is 13.0 Å². The smallest absolute Gasteiger partial charge is 0.255 e. The third kappa shape index (κ3) is 3.97. The number of aryl methyl sites for hydroxylation is 1. The molecule has 0 aliphatic carbocycles. The first kappa shape index (κ1) is 19.1. The Morgan fingerprint density at radius 2 is 1.77 bits per heavy atom. The lowest BCUT2D eigenvalue weighted by Crippen LogP contribution is -2.16. The van der Waals surface area contributed by atoms with Gasteiger partial charge in [-0.25, -0.2) is 9.50 Å². The quantitative estimate of drug-likeness (QED) is 0.533. The molecule has 0 aliphatic heterocycles. The number of nitrogens with zero attached hydrogens (tertiary/aromatic N) is 3. The summed E-state index contributed by atoms with van der Waals surface area (Å²) < 4.78 is 6.69. The highest BCUT2D eigenvalue weighted by molar-refractivity contribution is 6.08. The van der Waals surface area contributed by atoms with Crippen molar-refractivity contribution in [3.8, 4) is 5.88 Å². The molecule has 4 aromatic rings. The molecular weight excluding hydrogens is 382 g/mol. The van der Waals surface area contributed by atoms with Crippen molar-refractivity contribution < 1.29 is 14.3 Å². The third-order valence-corrected chi connectivity index (χ3v) is 4.61. The molecular formula is C22H19N5O3. The lowest BCUT2D eigenvalue weighted by Gasteiger charge is -2.11. The highest BCUT2D eigenvalue weighted by Crippen LogP contribution is 2.20. The number of amides is 2. The van der Waals surface area contributed by atoms with Gasteiger partial charge in [0.05, 0.1) is 24.5 Å². The number of aromatic nitrogens is 3. The number of carbonyl (C=O) groups excluding carboxylic acids is 2. The molecule has 0 radical (unpaired) electrons. The second kappa shape index (κ2) is 8.04. The van der Waals surface area contributed by atoms with Crippen LogP contribution in [-0.4, -0.2) is 33.5 Å². The van der Waals surface area contributed by atoms with Crippen LogP contribution < -0.4 is 15.4 Å². The van der Waals surface area contributed by atoms with Crippen molar-refractivity contribution >= 4 is 28.7 Å². The van der Waals surface area contributed by atoms with Crippen LogP contribution >= 0.6 is 0 Å². The summed E-state index contributed by atoms with van der Waals surface area (Å²) in [4.78, 5) is 29.4. The number of carbonyl (C=O) groups is 2. The van der Waals surface area contributed by atoms with E-state index in [4.69, 9.17) is 4.74 Å². The van der Waals surface area contributed by atoms with Gasteiger partial charge in [-0.15, -0.1) is 0 Å².